The maximum Gasteiger partial charge on any atom is 0.148 e. The molecule has 0 heterocycles. The van der Waals surface area contributed by atoms with E-state index >= 15 is 0 Å². The fourth-order valence-electron chi connectivity index (χ4n) is 1.86. The Bertz CT molecular complexity index is 503. The van der Waals surface area contributed by atoms with Crippen LogP contribution in [0.25, 0.3) is 0 Å². The van der Waals surface area contributed by atoms with E-state index in [-0.39, 0.29) is 5.75 Å². The summed E-state index contributed by atoms with van der Waals surface area (Å²) >= 11 is 0. The summed E-state index contributed by atoms with van der Waals surface area (Å²) in [5, 5.41) is 3.14. The number of nitrogens with one attached hydrogen (secondary N) is 1. The molecule has 20 heavy (non-hydrogen) atoms. The molecule has 1 N–H and O–H groups in total. The highest BCUT2D eigenvalue weighted by molar-refractivity contribution is 7.90. The van der Waals surface area contributed by atoms with Gasteiger partial charge >= 0.3 is 0 Å². The molecular weight excluding hydrogens is 276 g/mol. The lowest BCUT2D eigenvalue weighted by molar-refractivity contribution is 0.316. The van der Waals surface area contributed by atoms with Crippen LogP contribution in [0.4, 0.5) is 0 Å². The zero-order chi connectivity index (χ0) is 15.0. The molecule has 0 aliphatic heterocycles. The van der Waals surface area contributed by atoms with Crippen LogP contribution in [-0.4, -0.2) is 59.1 Å². The summed E-state index contributed by atoms with van der Waals surface area (Å²) in [5.74, 6) is 1.08. The van der Waals surface area contributed by atoms with Gasteiger partial charge in [-0.05, 0) is 13.1 Å². The van der Waals surface area contributed by atoms with Gasteiger partial charge in [0.15, 0.2) is 0 Å². The third kappa shape index (κ3) is 6.88. The molecule has 1 aromatic rings. The second-order valence-electron chi connectivity index (χ2n) is 4.93. The summed E-state index contributed by atoms with van der Waals surface area (Å²) < 4.78 is 27.3. The molecule has 0 aliphatic rings. The van der Waals surface area contributed by atoms with Gasteiger partial charge in [-0.1, -0.05) is 18.2 Å². The third-order valence-electron chi connectivity index (χ3n) is 2.95. The highest BCUT2D eigenvalue weighted by atomic mass is 32.2. The monoisotopic (exact) mass is 300 g/mol. The lowest BCUT2D eigenvalue weighted by Crippen LogP contribution is -2.31. The van der Waals surface area contributed by atoms with Gasteiger partial charge in [0, 0.05) is 38.0 Å². The minimum absolute atomic E-state index is 0.184. The molecule has 0 atom stereocenters. The number of sulfone groups is 1. The first-order valence-electron chi connectivity index (χ1n) is 6.61. The van der Waals surface area contributed by atoms with Crippen LogP contribution in [0.5, 0.6) is 5.75 Å². The first kappa shape index (κ1) is 16.9. The largest absolute Gasteiger partial charge is 0.496 e. The predicted molar refractivity (Wildman–Crippen MR) is 81.9 cm³/mol. The van der Waals surface area contributed by atoms with Gasteiger partial charge in [-0.25, -0.2) is 8.42 Å². The molecule has 1 rings (SSSR count). The molecular formula is C14H24N2O3S. The normalized spacial score (nSPS) is 11.8. The van der Waals surface area contributed by atoms with E-state index in [1.165, 1.54) is 6.26 Å². The molecule has 6 heteroatoms. The standard InChI is InChI=1S/C14H24N2O3S/c1-16(10-8-15-9-11-20(3,17)18)12-13-6-4-5-7-14(13)19-2/h4-7,15H,8-12H2,1-3H3. The van der Waals surface area contributed by atoms with Gasteiger partial charge in [-0.3, -0.25) is 0 Å². The van der Waals surface area contributed by atoms with E-state index < -0.39 is 9.84 Å². The fourth-order valence-corrected chi connectivity index (χ4v) is 2.37. The van der Waals surface area contributed by atoms with E-state index in [0.29, 0.717) is 6.54 Å². The van der Waals surface area contributed by atoms with Crippen molar-refractivity contribution in [2.24, 2.45) is 0 Å². The van der Waals surface area contributed by atoms with Crippen molar-refractivity contribution >= 4 is 9.84 Å². The average molecular weight is 300 g/mol. The van der Waals surface area contributed by atoms with Crippen molar-refractivity contribution in [1.29, 1.82) is 0 Å². The molecule has 0 bridgehead atoms. The highest BCUT2D eigenvalue weighted by Gasteiger charge is 2.05. The number of hydrogen-bond donors (Lipinski definition) is 1. The van der Waals surface area contributed by atoms with Crippen LogP contribution in [-0.2, 0) is 16.4 Å². The van der Waals surface area contributed by atoms with Gasteiger partial charge in [0.1, 0.15) is 15.6 Å². The van der Waals surface area contributed by atoms with Crippen LogP contribution >= 0.6 is 0 Å². The molecule has 0 unspecified atom stereocenters. The van der Waals surface area contributed by atoms with E-state index in [4.69, 9.17) is 4.74 Å². The number of nitrogens with zero attached hydrogens (tertiary/aromatic N) is 1. The summed E-state index contributed by atoms with van der Waals surface area (Å²) in [6, 6.07) is 7.95. The second-order valence-corrected chi connectivity index (χ2v) is 7.19. The highest BCUT2D eigenvalue weighted by Crippen LogP contribution is 2.18. The van der Waals surface area contributed by atoms with E-state index in [1.807, 2.05) is 31.3 Å². The molecule has 1 aromatic carbocycles. The van der Waals surface area contributed by atoms with Crippen molar-refractivity contribution < 1.29 is 13.2 Å². The summed E-state index contributed by atoms with van der Waals surface area (Å²) in [7, 11) is 0.830. The van der Waals surface area contributed by atoms with Crippen molar-refractivity contribution in [1.82, 2.24) is 10.2 Å². The molecule has 0 saturated carbocycles. The van der Waals surface area contributed by atoms with E-state index in [2.05, 4.69) is 10.2 Å². The first-order valence-corrected chi connectivity index (χ1v) is 8.67. The Balaban J connectivity index is 2.28. The Labute approximate surface area is 121 Å². The van der Waals surface area contributed by atoms with Crippen LogP contribution < -0.4 is 10.1 Å². The lowest BCUT2D eigenvalue weighted by Gasteiger charge is -2.18. The SMILES string of the molecule is COc1ccccc1CN(C)CCNCCS(C)(=O)=O. The van der Waals surface area contributed by atoms with E-state index in [9.17, 15) is 8.42 Å². The fraction of sp³-hybridized carbons (Fsp3) is 0.571. The zero-order valence-electron chi connectivity index (χ0n) is 12.4. The molecule has 114 valence electrons. The maximum atomic E-state index is 11.0. The Hall–Kier alpha value is -1.11. The van der Waals surface area contributed by atoms with Gasteiger partial charge in [-0.15, -0.1) is 0 Å². The van der Waals surface area contributed by atoms with Gasteiger partial charge in [0.25, 0.3) is 0 Å². The van der Waals surface area contributed by atoms with E-state index in [1.54, 1.807) is 7.11 Å². The van der Waals surface area contributed by atoms with Crippen molar-refractivity contribution in [3.63, 3.8) is 0 Å². The van der Waals surface area contributed by atoms with Crippen molar-refractivity contribution in [3.05, 3.63) is 29.8 Å². The van der Waals surface area contributed by atoms with Gasteiger partial charge < -0.3 is 15.0 Å². The van der Waals surface area contributed by atoms with Gasteiger partial charge in [-0.2, -0.15) is 0 Å². The van der Waals surface area contributed by atoms with Gasteiger partial charge in [0.05, 0.1) is 12.9 Å². The Morgan fingerprint density at radius 2 is 1.95 bits per heavy atom. The summed E-state index contributed by atoms with van der Waals surface area (Å²) in [5.41, 5.74) is 1.15. The minimum atomic E-state index is -2.88. The first-order chi connectivity index (χ1) is 9.42. The molecule has 0 amide bonds. The van der Waals surface area contributed by atoms with Crippen molar-refractivity contribution in [2.45, 2.75) is 6.54 Å². The average Bonchev–Trinajstić information content (AvgIpc) is 2.37. The van der Waals surface area contributed by atoms with Crippen LogP contribution in [0.3, 0.4) is 0 Å². The van der Waals surface area contributed by atoms with Crippen LogP contribution in [0, 0.1) is 0 Å². The Kier molecular flexibility index (Phi) is 6.98. The second kappa shape index (κ2) is 8.24. The molecule has 0 fully saturated rings. The van der Waals surface area contributed by atoms with Crippen LogP contribution in [0.15, 0.2) is 24.3 Å². The zero-order valence-corrected chi connectivity index (χ0v) is 13.2. The quantitative estimate of drug-likeness (QED) is 0.682. The number of ether oxygens (including phenoxy) is 1. The van der Waals surface area contributed by atoms with Crippen LogP contribution in [0.1, 0.15) is 5.56 Å². The molecule has 0 aliphatic carbocycles. The summed E-state index contributed by atoms with van der Waals surface area (Å²) in [6.45, 7) is 2.92. The number of methoxy groups -OCH3 is 1. The Morgan fingerprint density at radius 1 is 1.25 bits per heavy atom. The third-order valence-corrected chi connectivity index (χ3v) is 3.90. The predicted octanol–water partition coefficient (Wildman–Crippen LogP) is 0.761. The Morgan fingerprint density at radius 3 is 2.60 bits per heavy atom. The van der Waals surface area contributed by atoms with E-state index in [0.717, 1.165) is 30.9 Å². The van der Waals surface area contributed by atoms with Gasteiger partial charge in [0.2, 0.25) is 0 Å². The van der Waals surface area contributed by atoms with Crippen molar-refractivity contribution in [2.75, 3.05) is 45.8 Å². The molecule has 0 saturated heterocycles. The number of hydrogen-bond acceptors (Lipinski definition) is 5. The molecule has 0 aromatic heterocycles. The molecule has 5 nitrogen and oxygen atoms in total. The molecule has 0 spiro atoms. The maximum absolute atomic E-state index is 11.0. The number of rotatable bonds is 9. The number of likely N-dealkylation sites (N-methyl/N-ethyl adjacent to an activating group) is 1. The summed E-state index contributed by atoms with van der Waals surface area (Å²) in [4.78, 5) is 2.17. The topological polar surface area (TPSA) is 58.6 Å². The van der Waals surface area contributed by atoms with Crippen LogP contribution in [0.2, 0.25) is 0 Å². The van der Waals surface area contributed by atoms with Crippen molar-refractivity contribution in [3.8, 4) is 5.75 Å². The number of para-hydroxylation sites is 1. The smallest absolute Gasteiger partial charge is 0.148 e. The lowest BCUT2D eigenvalue weighted by atomic mass is 10.2. The summed E-state index contributed by atoms with van der Waals surface area (Å²) in [6.07, 6.45) is 1.25. The minimum Gasteiger partial charge on any atom is -0.496 e. The number of benzene rings is 1. The molecule has 0 radical (unpaired) electrons.